The Bertz CT molecular complexity index is 567. The number of rotatable bonds is 5. The SMILES string of the molecule is CCc1ccc(CNc2cc(OC)c(Br)cc2Br)o1. The smallest absolute Gasteiger partial charge is 0.135 e. The predicted octanol–water partition coefficient (Wildman–Crippen LogP) is 4.99. The molecule has 0 amide bonds. The second-order valence-corrected chi connectivity index (χ2v) is 5.75. The van der Waals surface area contributed by atoms with E-state index < -0.39 is 0 Å². The van der Waals surface area contributed by atoms with E-state index in [4.69, 9.17) is 9.15 Å². The number of ether oxygens (including phenoxy) is 1. The summed E-state index contributed by atoms with van der Waals surface area (Å²) in [7, 11) is 1.65. The zero-order chi connectivity index (χ0) is 13.8. The van der Waals surface area contributed by atoms with E-state index >= 15 is 0 Å². The van der Waals surface area contributed by atoms with Crippen LogP contribution in [0.4, 0.5) is 5.69 Å². The fourth-order valence-electron chi connectivity index (χ4n) is 1.71. The van der Waals surface area contributed by atoms with Crippen LogP contribution in [0, 0.1) is 0 Å². The molecule has 0 saturated carbocycles. The summed E-state index contributed by atoms with van der Waals surface area (Å²) in [6.07, 6.45) is 0.913. The van der Waals surface area contributed by atoms with Gasteiger partial charge in [-0.2, -0.15) is 0 Å². The highest BCUT2D eigenvalue weighted by atomic mass is 79.9. The fraction of sp³-hybridized carbons (Fsp3) is 0.286. The summed E-state index contributed by atoms with van der Waals surface area (Å²) in [4.78, 5) is 0. The topological polar surface area (TPSA) is 34.4 Å². The molecule has 3 nitrogen and oxygen atoms in total. The van der Waals surface area contributed by atoms with Gasteiger partial charge in [0.25, 0.3) is 0 Å². The molecule has 2 aromatic rings. The predicted molar refractivity (Wildman–Crippen MR) is 83.8 cm³/mol. The number of methoxy groups -OCH3 is 1. The molecule has 0 fully saturated rings. The maximum atomic E-state index is 5.66. The summed E-state index contributed by atoms with van der Waals surface area (Å²) in [5, 5.41) is 3.33. The number of benzene rings is 1. The molecule has 1 heterocycles. The van der Waals surface area contributed by atoms with E-state index in [1.165, 1.54) is 0 Å². The van der Waals surface area contributed by atoms with Crippen molar-refractivity contribution in [1.29, 1.82) is 0 Å². The van der Waals surface area contributed by atoms with Gasteiger partial charge in [-0.1, -0.05) is 6.92 Å². The van der Waals surface area contributed by atoms with Gasteiger partial charge in [0.1, 0.15) is 17.3 Å². The molecule has 0 aliphatic rings. The molecule has 1 aromatic carbocycles. The van der Waals surface area contributed by atoms with E-state index in [9.17, 15) is 0 Å². The van der Waals surface area contributed by atoms with Gasteiger partial charge in [-0.05, 0) is 50.1 Å². The molecule has 0 radical (unpaired) electrons. The maximum absolute atomic E-state index is 5.66. The van der Waals surface area contributed by atoms with Crippen molar-refractivity contribution in [3.05, 3.63) is 44.7 Å². The van der Waals surface area contributed by atoms with Crippen LogP contribution < -0.4 is 10.1 Å². The van der Waals surface area contributed by atoms with Crippen molar-refractivity contribution >= 4 is 37.5 Å². The molecule has 19 heavy (non-hydrogen) atoms. The molecule has 0 spiro atoms. The van der Waals surface area contributed by atoms with Crippen LogP contribution in [0.1, 0.15) is 18.4 Å². The Morgan fingerprint density at radius 3 is 2.53 bits per heavy atom. The Labute approximate surface area is 129 Å². The molecule has 0 atom stereocenters. The third kappa shape index (κ3) is 3.54. The van der Waals surface area contributed by atoms with Crippen molar-refractivity contribution in [2.75, 3.05) is 12.4 Å². The first-order valence-corrected chi connectivity index (χ1v) is 7.57. The molecule has 2 rings (SSSR count). The van der Waals surface area contributed by atoms with Crippen LogP contribution in [0.5, 0.6) is 5.75 Å². The summed E-state index contributed by atoms with van der Waals surface area (Å²) in [6.45, 7) is 2.72. The van der Waals surface area contributed by atoms with E-state index in [0.29, 0.717) is 6.54 Å². The number of nitrogens with one attached hydrogen (secondary N) is 1. The minimum absolute atomic E-state index is 0.642. The Kier molecular flexibility index (Phi) is 4.93. The lowest BCUT2D eigenvalue weighted by atomic mass is 10.3. The standard InChI is InChI=1S/C14H15Br2NO2/c1-3-9-4-5-10(19-9)8-17-13-7-14(18-2)12(16)6-11(13)15/h4-7,17H,3,8H2,1-2H3. The Morgan fingerprint density at radius 2 is 1.89 bits per heavy atom. The van der Waals surface area contributed by atoms with Crippen LogP contribution in [0.3, 0.4) is 0 Å². The second-order valence-electron chi connectivity index (χ2n) is 4.04. The largest absolute Gasteiger partial charge is 0.495 e. The molecular weight excluding hydrogens is 374 g/mol. The van der Waals surface area contributed by atoms with Crippen molar-refractivity contribution in [1.82, 2.24) is 0 Å². The Balaban J connectivity index is 2.10. The molecule has 102 valence electrons. The molecule has 0 bridgehead atoms. The van der Waals surface area contributed by atoms with E-state index in [1.54, 1.807) is 7.11 Å². The summed E-state index contributed by atoms with van der Waals surface area (Å²) in [5.74, 6) is 2.72. The zero-order valence-corrected chi connectivity index (χ0v) is 14.0. The van der Waals surface area contributed by atoms with Gasteiger partial charge < -0.3 is 14.5 Å². The van der Waals surface area contributed by atoms with Crippen LogP contribution in [0.2, 0.25) is 0 Å². The number of halogens is 2. The lowest BCUT2D eigenvalue weighted by Gasteiger charge is -2.11. The average molecular weight is 389 g/mol. The van der Waals surface area contributed by atoms with Crippen molar-refractivity contribution in [3.63, 3.8) is 0 Å². The van der Waals surface area contributed by atoms with Gasteiger partial charge in [0.2, 0.25) is 0 Å². The number of hydrogen-bond donors (Lipinski definition) is 1. The van der Waals surface area contributed by atoms with Crippen molar-refractivity contribution < 1.29 is 9.15 Å². The lowest BCUT2D eigenvalue weighted by Crippen LogP contribution is -1.99. The van der Waals surface area contributed by atoms with Gasteiger partial charge in [0.05, 0.1) is 23.8 Å². The average Bonchev–Trinajstić information content (AvgIpc) is 2.86. The minimum Gasteiger partial charge on any atom is -0.495 e. The number of anilines is 1. The maximum Gasteiger partial charge on any atom is 0.135 e. The summed E-state index contributed by atoms with van der Waals surface area (Å²) >= 11 is 6.97. The molecular formula is C14H15Br2NO2. The van der Waals surface area contributed by atoms with Crippen molar-refractivity contribution in [3.8, 4) is 5.75 Å². The lowest BCUT2D eigenvalue weighted by molar-refractivity contribution is 0.412. The quantitative estimate of drug-likeness (QED) is 0.783. The number of aryl methyl sites for hydroxylation is 1. The molecule has 5 heteroatoms. The Hall–Kier alpha value is -0.940. The Morgan fingerprint density at radius 1 is 1.16 bits per heavy atom. The molecule has 0 aliphatic heterocycles. The molecule has 1 aromatic heterocycles. The van der Waals surface area contributed by atoms with E-state index in [0.717, 1.165) is 38.3 Å². The van der Waals surface area contributed by atoms with Gasteiger partial charge in [-0.25, -0.2) is 0 Å². The minimum atomic E-state index is 0.642. The van der Waals surface area contributed by atoms with Crippen LogP contribution in [-0.2, 0) is 13.0 Å². The van der Waals surface area contributed by atoms with Crippen LogP contribution in [0.15, 0.2) is 37.6 Å². The summed E-state index contributed by atoms with van der Waals surface area (Å²) < 4.78 is 12.8. The summed E-state index contributed by atoms with van der Waals surface area (Å²) in [5.41, 5.74) is 0.967. The highest BCUT2D eigenvalue weighted by molar-refractivity contribution is 9.11. The molecule has 0 aliphatic carbocycles. The third-order valence-corrected chi connectivity index (χ3v) is 4.04. The molecule has 1 N–H and O–H groups in total. The van der Waals surface area contributed by atoms with Gasteiger partial charge in [-0.15, -0.1) is 0 Å². The molecule has 0 unspecified atom stereocenters. The van der Waals surface area contributed by atoms with Gasteiger partial charge in [0, 0.05) is 17.0 Å². The van der Waals surface area contributed by atoms with Gasteiger partial charge >= 0.3 is 0 Å². The summed E-state index contributed by atoms with van der Waals surface area (Å²) in [6, 6.07) is 7.91. The third-order valence-electron chi connectivity index (χ3n) is 2.76. The highest BCUT2D eigenvalue weighted by Gasteiger charge is 2.08. The van der Waals surface area contributed by atoms with Crippen molar-refractivity contribution in [2.45, 2.75) is 19.9 Å². The zero-order valence-electron chi connectivity index (χ0n) is 10.8. The van der Waals surface area contributed by atoms with Crippen molar-refractivity contribution in [2.24, 2.45) is 0 Å². The normalized spacial score (nSPS) is 10.5. The first kappa shape index (κ1) is 14.5. The monoisotopic (exact) mass is 387 g/mol. The molecule has 0 saturated heterocycles. The van der Waals surface area contributed by atoms with E-state index in [-0.39, 0.29) is 0 Å². The fourth-order valence-corrected chi connectivity index (χ4v) is 3.01. The number of furan rings is 1. The van der Waals surface area contributed by atoms with Gasteiger partial charge in [0.15, 0.2) is 0 Å². The van der Waals surface area contributed by atoms with Crippen LogP contribution in [0.25, 0.3) is 0 Å². The van der Waals surface area contributed by atoms with E-state index in [2.05, 4.69) is 44.1 Å². The van der Waals surface area contributed by atoms with Gasteiger partial charge in [-0.3, -0.25) is 0 Å². The first-order valence-electron chi connectivity index (χ1n) is 5.98. The first-order chi connectivity index (χ1) is 9.13. The number of hydrogen-bond acceptors (Lipinski definition) is 3. The second kappa shape index (κ2) is 6.48. The van der Waals surface area contributed by atoms with E-state index in [1.807, 2.05) is 24.3 Å². The van der Waals surface area contributed by atoms with Crippen LogP contribution in [-0.4, -0.2) is 7.11 Å². The van der Waals surface area contributed by atoms with Crippen LogP contribution >= 0.6 is 31.9 Å². The highest BCUT2D eigenvalue weighted by Crippen LogP contribution is 2.34.